The number of piperidine rings is 1. The molecule has 0 spiro atoms. The highest BCUT2D eigenvalue weighted by Crippen LogP contribution is 2.25. The van der Waals surface area contributed by atoms with E-state index >= 15 is 0 Å². The van der Waals surface area contributed by atoms with Gasteiger partial charge in [-0.25, -0.2) is 0 Å². The Morgan fingerprint density at radius 3 is 2.62 bits per heavy atom. The second-order valence-electron chi connectivity index (χ2n) is 5.55. The molecule has 1 aliphatic rings. The Morgan fingerprint density at radius 2 is 1.96 bits per heavy atom. The first-order chi connectivity index (χ1) is 11.7. The van der Waals surface area contributed by atoms with Gasteiger partial charge in [0, 0.05) is 31.5 Å². The molecule has 1 aromatic heterocycles. The minimum atomic E-state index is -0.0352. The summed E-state index contributed by atoms with van der Waals surface area (Å²) in [6.45, 7) is 2.25. The number of hydrogen-bond acceptors (Lipinski definition) is 7. The fourth-order valence-corrected chi connectivity index (χ4v) is 4.11. The third kappa shape index (κ3) is 4.61. The van der Waals surface area contributed by atoms with E-state index in [9.17, 15) is 4.79 Å². The average molecular weight is 364 g/mol. The van der Waals surface area contributed by atoms with Gasteiger partial charge in [0.15, 0.2) is 4.34 Å². The molecule has 2 heterocycles. The Labute approximate surface area is 150 Å². The van der Waals surface area contributed by atoms with Crippen molar-refractivity contribution >= 4 is 45.5 Å². The van der Waals surface area contributed by atoms with E-state index < -0.39 is 0 Å². The topological polar surface area (TPSA) is 70.1 Å². The molecule has 2 N–H and O–H groups in total. The molecule has 128 valence electrons. The van der Waals surface area contributed by atoms with Crippen LogP contribution in [0.4, 0.5) is 16.5 Å². The van der Waals surface area contributed by atoms with Crippen LogP contribution in [0.5, 0.6) is 0 Å². The van der Waals surface area contributed by atoms with E-state index in [-0.39, 0.29) is 5.91 Å². The second-order valence-corrected chi connectivity index (χ2v) is 7.75. The molecule has 1 aliphatic heterocycles. The van der Waals surface area contributed by atoms with Gasteiger partial charge in [-0.2, -0.15) is 0 Å². The maximum atomic E-state index is 12.0. The van der Waals surface area contributed by atoms with Crippen molar-refractivity contribution < 1.29 is 4.79 Å². The number of rotatable bonds is 6. The highest BCUT2D eigenvalue weighted by molar-refractivity contribution is 8.01. The predicted molar refractivity (Wildman–Crippen MR) is 101 cm³/mol. The van der Waals surface area contributed by atoms with Crippen LogP contribution >= 0.6 is 23.1 Å². The van der Waals surface area contributed by atoms with Crippen LogP contribution in [0, 0.1) is 0 Å². The first-order valence-electron chi connectivity index (χ1n) is 8.03. The minimum absolute atomic E-state index is 0.0352. The van der Waals surface area contributed by atoms with Crippen molar-refractivity contribution in [2.24, 2.45) is 0 Å². The van der Waals surface area contributed by atoms with Crippen molar-refractivity contribution in [2.75, 3.05) is 41.4 Å². The molecule has 24 heavy (non-hydrogen) atoms. The van der Waals surface area contributed by atoms with Crippen LogP contribution < -0.4 is 15.5 Å². The molecule has 1 aromatic carbocycles. The minimum Gasteiger partial charge on any atom is -0.372 e. The number of aromatic nitrogens is 2. The van der Waals surface area contributed by atoms with E-state index in [4.69, 9.17) is 0 Å². The monoisotopic (exact) mass is 363 g/mol. The summed E-state index contributed by atoms with van der Waals surface area (Å²) in [6.07, 6.45) is 3.85. The Balaban J connectivity index is 1.48. The highest BCUT2D eigenvalue weighted by Gasteiger charge is 2.11. The van der Waals surface area contributed by atoms with Gasteiger partial charge < -0.3 is 15.5 Å². The Kier molecular flexibility index (Phi) is 5.92. The first-order valence-corrected chi connectivity index (χ1v) is 9.84. The van der Waals surface area contributed by atoms with Crippen molar-refractivity contribution in [2.45, 2.75) is 23.6 Å². The number of nitrogens with zero attached hydrogens (tertiary/aromatic N) is 3. The maximum absolute atomic E-state index is 12.0. The van der Waals surface area contributed by atoms with Crippen LogP contribution in [0.2, 0.25) is 0 Å². The summed E-state index contributed by atoms with van der Waals surface area (Å²) in [5.41, 5.74) is 2.06. The molecule has 3 rings (SSSR count). The first kappa shape index (κ1) is 17.0. The Bertz CT molecular complexity index is 667. The van der Waals surface area contributed by atoms with Crippen LogP contribution in [0.3, 0.4) is 0 Å². The average Bonchev–Trinajstić information content (AvgIpc) is 3.10. The van der Waals surface area contributed by atoms with Crippen LogP contribution in [0.25, 0.3) is 0 Å². The molecular formula is C16H21N5OS2. The molecular weight excluding hydrogens is 342 g/mol. The fourth-order valence-electron chi connectivity index (χ4n) is 2.60. The summed E-state index contributed by atoms with van der Waals surface area (Å²) < 4.78 is 0.787. The van der Waals surface area contributed by atoms with Crippen LogP contribution in [-0.4, -0.2) is 42.0 Å². The molecule has 0 atom stereocenters. The quantitative estimate of drug-likeness (QED) is 0.768. The smallest absolute Gasteiger partial charge is 0.234 e. The van der Waals surface area contributed by atoms with E-state index in [0.717, 1.165) is 28.2 Å². The van der Waals surface area contributed by atoms with Gasteiger partial charge in [0.05, 0.1) is 5.75 Å². The van der Waals surface area contributed by atoms with Gasteiger partial charge in [-0.3, -0.25) is 4.79 Å². The van der Waals surface area contributed by atoms with E-state index in [1.807, 2.05) is 12.1 Å². The zero-order chi connectivity index (χ0) is 16.8. The summed E-state index contributed by atoms with van der Waals surface area (Å²) in [4.78, 5) is 14.4. The van der Waals surface area contributed by atoms with Gasteiger partial charge in [-0.15, -0.1) is 10.2 Å². The highest BCUT2D eigenvalue weighted by atomic mass is 32.2. The number of thioether (sulfide) groups is 1. The van der Waals surface area contributed by atoms with Crippen LogP contribution in [0.1, 0.15) is 19.3 Å². The van der Waals surface area contributed by atoms with E-state index in [1.54, 1.807) is 7.05 Å². The molecule has 0 radical (unpaired) electrons. The summed E-state index contributed by atoms with van der Waals surface area (Å²) in [7, 11) is 1.80. The molecule has 0 bridgehead atoms. The van der Waals surface area contributed by atoms with Crippen LogP contribution in [0.15, 0.2) is 28.6 Å². The molecule has 0 aliphatic carbocycles. The zero-order valence-electron chi connectivity index (χ0n) is 13.6. The lowest BCUT2D eigenvalue weighted by atomic mass is 10.1. The number of hydrogen-bond donors (Lipinski definition) is 2. The summed E-state index contributed by atoms with van der Waals surface area (Å²) in [5.74, 6) is 0.290. The lowest BCUT2D eigenvalue weighted by molar-refractivity contribution is -0.113. The van der Waals surface area contributed by atoms with Crippen molar-refractivity contribution in [3.63, 3.8) is 0 Å². The van der Waals surface area contributed by atoms with E-state index in [2.05, 4.69) is 37.9 Å². The summed E-state index contributed by atoms with van der Waals surface area (Å²) >= 11 is 2.84. The maximum Gasteiger partial charge on any atom is 0.234 e. The largest absolute Gasteiger partial charge is 0.372 e. The predicted octanol–water partition coefficient (Wildman–Crippen LogP) is 3.30. The molecule has 0 saturated carbocycles. The molecule has 1 saturated heterocycles. The lowest BCUT2D eigenvalue weighted by Crippen LogP contribution is -2.29. The summed E-state index contributed by atoms with van der Waals surface area (Å²) in [6, 6.07) is 8.10. The normalized spacial score (nSPS) is 14.5. The zero-order valence-corrected chi connectivity index (χ0v) is 15.3. The molecule has 2 aromatic rings. The van der Waals surface area contributed by atoms with Crippen molar-refractivity contribution in [1.29, 1.82) is 0 Å². The van der Waals surface area contributed by atoms with Crippen LogP contribution in [-0.2, 0) is 4.79 Å². The van der Waals surface area contributed by atoms with E-state index in [1.165, 1.54) is 48.0 Å². The number of anilines is 3. The number of carbonyl (C=O) groups is 1. The number of nitrogens with one attached hydrogen (secondary N) is 2. The van der Waals surface area contributed by atoms with Crippen molar-refractivity contribution in [1.82, 2.24) is 10.2 Å². The number of amides is 1. The third-order valence-corrected chi connectivity index (χ3v) is 5.89. The van der Waals surface area contributed by atoms with Gasteiger partial charge in [-0.1, -0.05) is 23.1 Å². The van der Waals surface area contributed by atoms with Gasteiger partial charge in [0.1, 0.15) is 0 Å². The van der Waals surface area contributed by atoms with Gasteiger partial charge in [0.2, 0.25) is 11.0 Å². The van der Waals surface area contributed by atoms with Gasteiger partial charge in [-0.05, 0) is 43.5 Å². The Hall–Kier alpha value is -1.80. The molecule has 0 unspecified atom stereocenters. The molecule has 1 fully saturated rings. The number of carbonyl (C=O) groups excluding carboxylic acids is 1. The van der Waals surface area contributed by atoms with Gasteiger partial charge >= 0.3 is 0 Å². The van der Waals surface area contributed by atoms with Gasteiger partial charge in [0.25, 0.3) is 0 Å². The third-order valence-electron chi connectivity index (χ3n) is 3.82. The Morgan fingerprint density at radius 1 is 1.21 bits per heavy atom. The van der Waals surface area contributed by atoms with E-state index in [0.29, 0.717) is 5.75 Å². The molecule has 6 nitrogen and oxygen atoms in total. The lowest BCUT2D eigenvalue weighted by Gasteiger charge is -2.28. The van der Waals surface area contributed by atoms with Crippen molar-refractivity contribution in [3.8, 4) is 0 Å². The SMILES string of the molecule is CNc1nnc(SCC(=O)Nc2ccc(N3CCCCC3)cc2)s1. The molecule has 1 amide bonds. The van der Waals surface area contributed by atoms with Crippen molar-refractivity contribution in [3.05, 3.63) is 24.3 Å². The molecule has 8 heteroatoms. The second kappa shape index (κ2) is 8.34. The number of benzene rings is 1. The summed E-state index contributed by atoms with van der Waals surface area (Å²) in [5, 5.41) is 14.6. The standard InChI is InChI=1S/C16H21N5OS2/c1-17-15-19-20-16(24-15)23-11-14(22)18-12-5-7-13(8-6-12)21-9-3-2-4-10-21/h5-8H,2-4,9-11H2,1H3,(H,17,19)(H,18,22). The fraction of sp³-hybridized carbons (Fsp3) is 0.438.